The van der Waals surface area contributed by atoms with Crippen molar-refractivity contribution in [1.82, 2.24) is 0 Å². The molecule has 130 valence electrons. The lowest BCUT2D eigenvalue weighted by atomic mass is 9.77. The van der Waals surface area contributed by atoms with Crippen molar-refractivity contribution in [2.75, 3.05) is 0 Å². The van der Waals surface area contributed by atoms with Gasteiger partial charge in [-0.25, -0.2) is 4.57 Å². The van der Waals surface area contributed by atoms with Crippen molar-refractivity contribution < 1.29 is 4.57 Å². The Morgan fingerprint density at radius 3 is 2.04 bits per heavy atom. The third-order valence-corrected chi connectivity index (χ3v) is 5.79. The van der Waals surface area contributed by atoms with Crippen molar-refractivity contribution in [3.63, 3.8) is 0 Å². The first kappa shape index (κ1) is 18.7. The average molecular weight is 325 g/mol. The number of pyridine rings is 1. The molecule has 0 aliphatic rings. The maximum Gasteiger partial charge on any atom is 0.212 e. The number of nitrogens with zero attached hydrogens (tertiary/aromatic N) is 1. The van der Waals surface area contributed by atoms with Crippen molar-refractivity contribution in [2.24, 2.45) is 7.05 Å². The van der Waals surface area contributed by atoms with Crippen LogP contribution in [-0.4, -0.2) is 0 Å². The fourth-order valence-electron chi connectivity index (χ4n) is 3.24. The summed E-state index contributed by atoms with van der Waals surface area (Å²) < 4.78 is 2.25. The van der Waals surface area contributed by atoms with E-state index in [1.54, 1.807) is 0 Å². The normalized spacial score (nSPS) is 12.5. The molecule has 0 saturated heterocycles. The molecule has 2 rings (SSSR count). The second kappa shape index (κ2) is 6.70. The highest BCUT2D eigenvalue weighted by Gasteiger charge is 2.26. The zero-order valence-corrected chi connectivity index (χ0v) is 16.8. The first-order valence-corrected chi connectivity index (χ1v) is 9.24. The number of benzene rings is 1. The van der Waals surface area contributed by atoms with Crippen molar-refractivity contribution in [2.45, 2.75) is 72.1 Å². The average Bonchev–Trinajstić information content (AvgIpc) is 2.54. The molecule has 0 bridgehead atoms. The summed E-state index contributed by atoms with van der Waals surface area (Å²) in [6.45, 7) is 16.0. The van der Waals surface area contributed by atoms with Crippen LogP contribution in [0.4, 0.5) is 0 Å². The van der Waals surface area contributed by atoms with Crippen LogP contribution in [0.2, 0.25) is 0 Å². The fourth-order valence-corrected chi connectivity index (χ4v) is 3.24. The maximum absolute atomic E-state index is 2.40. The van der Waals surface area contributed by atoms with Crippen LogP contribution in [0.15, 0.2) is 36.5 Å². The molecule has 1 nitrogen and oxygen atoms in total. The molecule has 0 amide bonds. The van der Waals surface area contributed by atoms with Gasteiger partial charge in [0.15, 0.2) is 6.20 Å². The summed E-state index contributed by atoms with van der Waals surface area (Å²) in [5.41, 5.74) is 7.25. The Bertz CT molecular complexity index is 715. The molecule has 0 N–H and O–H groups in total. The van der Waals surface area contributed by atoms with Gasteiger partial charge in [0.05, 0.1) is 0 Å². The third kappa shape index (κ3) is 3.55. The molecule has 1 aromatic heterocycles. The standard InChI is InChI=1S/C23H34N/c1-9-23(7,10-2)19-13-14-24(8)21(16-19)20-15-18(22(4,5)6)12-11-17(20)3/h11-16H,9-10H2,1-8H3/q+1. The van der Waals surface area contributed by atoms with Gasteiger partial charge in [0, 0.05) is 17.7 Å². The number of hydrogen-bond donors (Lipinski definition) is 0. The lowest BCUT2D eigenvalue weighted by Crippen LogP contribution is -2.32. The summed E-state index contributed by atoms with van der Waals surface area (Å²) in [7, 11) is 2.15. The Kier molecular flexibility index (Phi) is 5.22. The quantitative estimate of drug-likeness (QED) is 0.620. The van der Waals surface area contributed by atoms with Gasteiger partial charge in [-0.1, -0.05) is 53.7 Å². The Balaban J connectivity index is 2.65. The van der Waals surface area contributed by atoms with Gasteiger partial charge >= 0.3 is 0 Å². The molecule has 0 aliphatic heterocycles. The lowest BCUT2D eigenvalue weighted by Gasteiger charge is -2.27. The SMILES string of the molecule is CCC(C)(CC)c1cc[n+](C)c(-c2cc(C(C)(C)C)ccc2C)c1. The smallest absolute Gasteiger partial charge is 0.201 e. The van der Waals surface area contributed by atoms with E-state index in [4.69, 9.17) is 0 Å². The summed E-state index contributed by atoms with van der Waals surface area (Å²) in [4.78, 5) is 0. The Morgan fingerprint density at radius 1 is 0.875 bits per heavy atom. The molecule has 0 atom stereocenters. The fraction of sp³-hybridized carbons (Fsp3) is 0.522. The summed E-state index contributed by atoms with van der Waals surface area (Å²) in [5.74, 6) is 0. The van der Waals surface area contributed by atoms with Crippen LogP contribution in [0.25, 0.3) is 11.3 Å². The number of aromatic nitrogens is 1. The topological polar surface area (TPSA) is 3.88 Å². The summed E-state index contributed by atoms with van der Waals surface area (Å²) in [5, 5.41) is 0. The molecule has 0 fully saturated rings. The molecule has 0 radical (unpaired) electrons. The molecule has 2 aromatic rings. The van der Waals surface area contributed by atoms with Crippen LogP contribution < -0.4 is 4.57 Å². The van der Waals surface area contributed by atoms with E-state index in [1.165, 1.54) is 27.9 Å². The van der Waals surface area contributed by atoms with Gasteiger partial charge in [0.25, 0.3) is 0 Å². The molecule has 0 saturated carbocycles. The van der Waals surface area contributed by atoms with Gasteiger partial charge in [-0.15, -0.1) is 0 Å². The van der Waals surface area contributed by atoms with E-state index in [2.05, 4.69) is 96.6 Å². The van der Waals surface area contributed by atoms with Gasteiger partial charge in [0.1, 0.15) is 7.05 Å². The van der Waals surface area contributed by atoms with Gasteiger partial charge in [-0.3, -0.25) is 0 Å². The maximum atomic E-state index is 2.40. The Morgan fingerprint density at radius 2 is 1.50 bits per heavy atom. The molecular weight excluding hydrogens is 290 g/mol. The number of aryl methyl sites for hydroxylation is 2. The zero-order chi connectivity index (χ0) is 18.1. The largest absolute Gasteiger partial charge is 0.212 e. The van der Waals surface area contributed by atoms with Crippen LogP contribution in [0, 0.1) is 6.92 Å². The van der Waals surface area contributed by atoms with Crippen molar-refractivity contribution in [1.29, 1.82) is 0 Å². The third-order valence-electron chi connectivity index (χ3n) is 5.79. The van der Waals surface area contributed by atoms with Gasteiger partial charge in [-0.2, -0.15) is 0 Å². The van der Waals surface area contributed by atoms with E-state index in [0.29, 0.717) is 0 Å². The summed E-state index contributed by atoms with van der Waals surface area (Å²) in [6.07, 6.45) is 4.55. The van der Waals surface area contributed by atoms with Crippen LogP contribution in [0.3, 0.4) is 0 Å². The second-order valence-electron chi connectivity index (χ2n) is 8.46. The van der Waals surface area contributed by atoms with E-state index in [-0.39, 0.29) is 10.8 Å². The van der Waals surface area contributed by atoms with Gasteiger partial charge in [0.2, 0.25) is 5.69 Å². The first-order chi connectivity index (χ1) is 11.1. The van der Waals surface area contributed by atoms with Gasteiger partial charge in [-0.05, 0) is 53.4 Å². The van der Waals surface area contributed by atoms with E-state index in [9.17, 15) is 0 Å². The predicted molar refractivity (Wildman–Crippen MR) is 104 cm³/mol. The lowest BCUT2D eigenvalue weighted by molar-refractivity contribution is -0.660. The molecule has 24 heavy (non-hydrogen) atoms. The Hall–Kier alpha value is -1.63. The molecular formula is C23H34N+. The van der Waals surface area contributed by atoms with E-state index in [0.717, 1.165) is 12.8 Å². The number of rotatable bonds is 4. The minimum absolute atomic E-state index is 0.167. The van der Waals surface area contributed by atoms with Crippen LogP contribution in [-0.2, 0) is 17.9 Å². The number of hydrogen-bond acceptors (Lipinski definition) is 0. The molecule has 0 spiro atoms. The van der Waals surface area contributed by atoms with Crippen LogP contribution in [0.1, 0.15) is 71.1 Å². The minimum atomic E-state index is 0.167. The van der Waals surface area contributed by atoms with Crippen LogP contribution in [0.5, 0.6) is 0 Å². The summed E-state index contributed by atoms with van der Waals surface area (Å²) >= 11 is 0. The van der Waals surface area contributed by atoms with E-state index >= 15 is 0 Å². The second-order valence-corrected chi connectivity index (χ2v) is 8.46. The van der Waals surface area contributed by atoms with E-state index in [1.807, 2.05) is 0 Å². The molecule has 0 unspecified atom stereocenters. The molecule has 1 heteroatoms. The molecule has 1 aromatic carbocycles. The highest BCUT2D eigenvalue weighted by atomic mass is 14.9. The molecule has 0 aliphatic carbocycles. The van der Waals surface area contributed by atoms with Gasteiger partial charge < -0.3 is 0 Å². The molecule has 1 heterocycles. The van der Waals surface area contributed by atoms with Crippen LogP contribution >= 0.6 is 0 Å². The minimum Gasteiger partial charge on any atom is -0.201 e. The summed E-state index contributed by atoms with van der Waals surface area (Å²) in [6, 6.07) is 11.6. The zero-order valence-electron chi connectivity index (χ0n) is 16.8. The monoisotopic (exact) mass is 324 g/mol. The van der Waals surface area contributed by atoms with Crippen molar-refractivity contribution >= 4 is 0 Å². The highest BCUT2D eigenvalue weighted by Crippen LogP contribution is 2.34. The first-order valence-electron chi connectivity index (χ1n) is 9.24. The van der Waals surface area contributed by atoms with E-state index < -0.39 is 0 Å². The van der Waals surface area contributed by atoms with Crippen molar-refractivity contribution in [3.05, 3.63) is 53.2 Å². The highest BCUT2D eigenvalue weighted by molar-refractivity contribution is 5.63. The Labute approximate surface area is 148 Å². The predicted octanol–water partition coefficient (Wildman–Crippen LogP) is 5.86. The van der Waals surface area contributed by atoms with Crippen molar-refractivity contribution in [3.8, 4) is 11.3 Å².